The zero-order chi connectivity index (χ0) is 19.7. The van der Waals surface area contributed by atoms with Crippen LogP contribution in [0, 0.1) is 0 Å². The molecule has 0 aliphatic carbocycles. The van der Waals surface area contributed by atoms with Crippen LogP contribution in [0.1, 0.15) is 11.4 Å². The van der Waals surface area contributed by atoms with Gasteiger partial charge in [0.25, 0.3) is 0 Å². The van der Waals surface area contributed by atoms with Gasteiger partial charge in [-0.25, -0.2) is 4.98 Å². The van der Waals surface area contributed by atoms with Gasteiger partial charge in [0.1, 0.15) is 22.8 Å². The summed E-state index contributed by atoms with van der Waals surface area (Å²) in [5.41, 5.74) is 3.22. The zero-order valence-electron chi connectivity index (χ0n) is 15.3. The molecule has 2 heterocycles. The Hall–Kier alpha value is -2.76. The first-order chi connectivity index (χ1) is 13.6. The van der Waals surface area contributed by atoms with E-state index in [4.69, 9.17) is 37.7 Å². The first-order valence-electron chi connectivity index (χ1n) is 8.59. The van der Waals surface area contributed by atoms with E-state index in [0.717, 1.165) is 28.2 Å². The van der Waals surface area contributed by atoms with Crippen LogP contribution >= 0.6 is 23.2 Å². The number of ether oxygens (including phenoxy) is 2. The maximum atomic E-state index is 6.48. The lowest BCUT2D eigenvalue weighted by Gasteiger charge is -2.14. The molecular weight excluding hydrogens is 397 g/mol. The molecule has 2 aromatic carbocycles. The van der Waals surface area contributed by atoms with Crippen molar-refractivity contribution in [3.8, 4) is 17.2 Å². The van der Waals surface area contributed by atoms with E-state index in [-0.39, 0.29) is 0 Å². The number of halogens is 2. The van der Waals surface area contributed by atoms with Gasteiger partial charge < -0.3 is 9.47 Å². The number of imidazole rings is 1. The molecule has 7 heteroatoms. The van der Waals surface area contributed by atoms with Crippen molar-refractivity contribution in [3.63, 3.8) is 0 Å². The fourth-order valence-electron chi connectivity index (χ4n) is 3.29. The van der Waals surface area contributed by atoms with Gasteiger partial charge in [0, 0.05) is 24.4 Å². The van der Waals surface area contributed by atoms with E-state index in [1.54, 1.807) is 26.6 Å². The summed E-state index contributed by atoms with van der Waals surface area (Å²) >= 11 is 13.0. The van der Waals surface area contributed by atoms with E-state index < -0.39 is 0 Å². The highest BCUT2D eigenvalue weighted by Gasteiger charge is 2.20. The van der Waals surface area contributed by atoms with E-state index in [1.165, 1.54) is 0 Å². The monoisotopic (exact) mass is 413 g/mol. The molecule has 0 N–H and O–H groups in total. The van der Waals surface area contributed by atoms with Crippen molar-refractivity contribution in [3.05, 3.63) is 76.3 Å². The van der Waals surface area contributed by atoms with E-state index in [2.05, 4.69) is 4.98 Å². The van der Waals surface area contributed by atoms with E-state index in [9.17, 15) is 0 Å². The smallest absolute Gasteiger partial charge is 0.146 e. The second-order valence-corrected chi connectivity index (χ2v) is 6.95. The predicted molar refractivity (Wildman–Crippen MR) is 111 cm³/mol. The normalized spacial score (nSPS) is 11.0. The summed E-state index contributed by atoms with van der Waals surface area (Å²) in [6, 6.07) is 13.6. The maximum Gasteiger partial charge on any atom is 0.146 e. The lowest BCUT2D eigenvalue weighted by Crippen LogP contribution is -2.05. The minimum absolute atomic E-state index is 0.441. The summed E-state index contributed by atoms with van der Waals surface area (Å²) in [6.45, 7) is 0. The van der Waals surface area contributed by atoms with Gasteiger partial charge >= 0.3 is 0 Å². The van der Waals surface area contributed by atoms with Crippen molar-refractivity contribution >= 4 is 34.2 Å². The van der Waals surface area contributed by atoms with Crippen molar-refractivity contribution in [2.24, 2.45) is 0 Å². The van der Waals surface area contributed by atoms with Crippen molar-refractivity contribution in [2.75, 3.05) is 14.2 Å². The van der Waals surface area contributed by atoms with E-state index >= 15 is 0 Å². The molecule has 0 saturated carbocycles. The predicted octanol–water partition coefficient (Wildman–Crippen LogP) is 5.34. The van der Waals surface area contributed by atoms with Crippen LogP contribution in [0.5, 0.6) is 11.5 Å². The van der Waals surface area contributed by atoms with Crippen LogP contribution in [0.4, 0.5) is 0 Å². The molecule has 0 bridgehead atoms. The number of para-hydroxylation sites is 2. The van der Waals surface area contributed by atoms with Crippen LogP contribution in [0.3, 0.4) is 0 Å². The van der Waals surface area contributed by atoms with Crippen LogP contribution in [-0.2, 0) is 6.42 Å². The maximum absolute atomic E-state index is 6.48. The summed E-state index contributed by atoms with van der Waals surface area (Å²) in [4.78, 5) is 8.92. The molecule has 28 heavy (non-hydrogen) atoms. The molecule has 4 aromatic rings. The second kappa shape index (κ2) is 7.70. The Morgan fingerprint density at radius 1 is 0.893 bits per heavy atom. The Bertz CT molecular complexity index is 1140. The van der Waals surface area contributed by atoms with Crippen LogP contribution in [0.2, 0.25) is 10.0 Å². The summed E-state index contributed by atoms with van der Waals surface area (Å²) in [7, 11) is 3.28. The number of nitrogens with zero attached hydrogens (tertiary/aromatic N) is 3. The highest BCUT2D eigenvalue weighted by molar-refractivity contribution is 6.37. The van der Waals surface area contributed by atoms with Crippen molar-refractivity contribution in [2.45, 2.75) is 6.42 Å². The van der Waals surface area contributed by atoms with Gasteiger partial charge in [-0.3, -0.25) is 9.55 Å². The van der Waals surface area contributed by atoms with Gasteiger partial charge in [-0.05, 0) is 18.2 Å². The number of pyridine rings is 1. The van der Waals surface area contributed by atoms with Crippen LogP contribution in [0.15, 0.2) is 54.9 Å². The lowest BCUT2D eigenvalue weighted by atomic mass is 10.1. The third kappa shape index (κ3) is 3.17. The molecule has 0 radical (unpaired) electrons. The van der Waals surface area contributed by atoms with Gasteiger partial charge in [0.15, 0.2) is 0 Å². The molecule has 0 fully saturated rings. The highest BCUT2D eigenvalue weighted by atomic mass is 35.5. The number of hydrogen-bond donors (Lipinski definition) is 0. The molecule has 5 nitrogen and oxygen atoms in total. The minimum atomic E-state index is 0.441. The molecule has 0 amide bonds. The van der Waals surface area contributed by atoms with Crippen molar-refractivity contribution in [1.29, 1.82) is 0 Å². The molecule has 0 aliphatic rings. The van der Waals surface area contributed by atoms with Crippen LogP contribution in [0.25, 0.3) is 16.7 Å². The summed E-state index contributed by atoms with van der Waals surface area (Å²) in [5.74, 6) is 2.23. The average molecular weight is 414 g/mol. The summed E-state index contributed by atoms with van der Waals surface area (Å²) < 4.78 is 13.0. The van der Waals surface area contributed by atoms with Gasteiger partial charge in [0.2, 0.25) is 0 Å². The summed E-state index contributed by atoms with van der Waals surface area (Å²) in [6.07, 6.45) is 3.67. The first kappa shape index (κ1) is 18.6. The number of benzene rings is 2. The average Bonchev–Trinajstić information content (AvgIpc) is 3.06. The third-order valence-electron chi connectivity index (χ3n) is 4.53. The number of fused-ring (bicyclic) bond motifs is 1. The van der Waals surface area contributed by atoms with Gasteiger partial charge in [0.05, 0.1) is 35.5 Å². The molecule has 0 saturated heterocycles. The van der Waals surface area contributed by atoms with E-state index in [1.807, 2.05) is 47.0 Å². The van der Waals surface area contributed by atoms with Gasteiger partial charge in [-0.2, -0.15) is 0 Å². The SMILES string of the molecule is COc1ccccc1Cc1nc2c(OC)cccc2n1-c1c(Cl)cncc1Cl. The van der Waals surface area contributed by atoms with Gasteiger partial charge in [-0.1, -0.05) is 47.5 Å². The molecule has 0 aliphatic heterocycles. The quantitative estimate of drug-likeness (QED) is 0.443. The number of rotatable bonds is 5. The molecular formula is C21H17Cl2N3O2. The lowest BCUT2D eigenvalue weighted by molar-refractivity contribution is 0.410. The fourth-order valence-corrected chi connectivity index (χ4v) is 3.83. The Morgan fingerprint density at radius 3 is 2.29 bits per heavy atom. The topological polar surface area (TPSA) is 49.2 Å². The van der Waals surface area contributed by atoms with Crippen LogP contribution in [-0.4, -0.2) is 28.8 Å². The Labute approximate surface area is 172 Å². The Morgan fingerprint density at radius 2 is 1.57 bits per heavy atom. The largest absolute Gasteiger partial charge is 0.496 e. The number of methoxy groups -OCH3 is 2. The highest BCUT2D eigenvalue weighted by Crippen LogP contribution is 2.35. The zero-order valence-corrected chi connectivity index (χ0v) is 16.8. The molecule has 4 rings (SSSR count). The fraction of sp³-hybridized carbons (Fsp3) is 0.143. The van der Waals surface area contributed by atoms with Crippen molar-refractivity contribution < 1.29 is 9.47 Å². The summed E-state index contributed by atoms with van der Waals surface area (Å²) in [5, 5.41) is 0.881. The molecule has 0 atom stereocenters. The number of hydrogen-bond acceptors (Lipinski definition) is 4. The van der Waals surface area contributed by atoms with Crippen molar-refractivity contribution in [1.82, 2.24) is 14.5 Å². The molecule has 0 spiro atoms. The molecule has 2 aromatic heterocycles. The van der Waals surface area contributed by atoms with Gasteiger partial charge in [-0.15, -0.1) is 0 Å². The number of aromatic nitrogens is 3. The molecule has 0 unspecified atom stereocenters. The molecule has 142 valence electrons. The van der Waals surface area contributed by atoms with E-state index in [0.29, 0.717) is 27.9 Å². The Balaban J connectivity index is 2.00. The first-order valence-corrected chi connectivity index (χ1v) is 9.35. The van der Waals surface area contributed by atoms with Crippen LogP contribution < -0.4 is 9.47 Å². The minimum Gasteiger partial charge on any atom is -0.496 e. The second-order valence-electron chi connectivity index (χ2n) is 6.13. The standard InChI is InChI=1S/C21H17Cl2N3O2/c1-27-17-8-4-3-6-13(17)10-19-25-20-16(7-5-9-18(20)28-2)26(19)21-14(22)11-24-12-15(21)23/h3-9,11-12H,10H2,1-2H3. The Kier molecular flexibility index (Phi) is 5.11. The third-order valence-corrected chi connectivity index (χ3v) is 5.08.